The van der Waals surface area contributed by atoms with Crippen molar-refractivity contribution in [2.45, 2.75) is 39.5 Å². The zero-order valence-electron chi connectivity index (χ0n) is 8.26. The Morgan fingerprint density at radius 2 is 1.67 bits per heavy atom. The van der Waals surface area contributed by atoms with E-state index < -0.39 is 0 Å². The van der Waals surface area contributed by atoms with Crippen LogP contribution in [0.3, 0.4) is 0 Å². The van der Waals surface area contributed by atoms with Crippen LogP contribution in [0, 0.1) is 5.41 Å². The van der Waals surface area contributed by atoms with E-state index in [0.717, 1.165) is 0 Å². The van der Waals surface area contributed by atoms with Crippen LogP contribution < -0.4 is 5.32 Å². The second-order valence-corrected chi connectivity index (χ2v) is 6.06. The van der Waals surface area contributed by atoms with Crippen molar-refractivity contribution in [2.24, 2.45) is 5.41 Å². The molecule has 0 aliphatic heterocycles. The van der Waals surface area contributed by atoms with Gasteiger partial charge in [0.05, 0.1) is 4.87 Å². The number of hydrogen-bond donors (Lipinski definition) is 2. The highest BCUT2D eigenvalue weighted by atomic mass is 33.1. The van der Waals surface area contributed by atoms with Crippen LogP contribution in [0.1, 0.15) is 34.6 Å². The van der Waals surface area contributed by atoms with E-state index in [-0.39, 0.29) is 16.2 Å². The summed E-state index contributed by atoms with van der Waals surface area (Å²) in [5.41, 5.74) is -0.333. The van der Waals surface area contributed by atoms with Crippen molar-refractivity contribution < 1.29 is 4.79 Å². The van der Waals surface area contributed by atoms with Crippen LogP contribution in [-0.4, -0.2) is 10.8 Å². The lowest BCUT2D eigenvalue weighted by molar-refractivity contribution is -0.129. The van der Waals surface area contributed by atoms with Gasteiger partial charge in [0.2, 0.25) is 5.91 Å². The zero-order valence-corrected chi connectivity index (χ0v) is 9.97. The fourth-order valence-electron chi connectivity index (χ4n) is 0.484. The van der Waals surface area contributed by atoms with Crippen molar-refractivity contribution in [1.29, 1.82) is 0 Å². The Kier molecular flexibility index (Phi) is 3.97. The number of nitrogens with one attached hydrogen (secondary N) is 1. The fraction of sp³-hybridized carbons (Fsp3) is 0.875. The van der Waals surface area contributed by atoms with E-state index in [9.17, 15) is 4.79 Å². The van der Waals surface area contributed by atoms with Crippen molar-refractivity contribution in [1.82, 2.24) is 5.32 Å². The minimum atomic E-state index is -0.333. The molecule has 1 N–H and O–H groups in total. The van der Waals surface area contributed by atoms with Gasteiger partial charge in [-0.15, -0.1) is 11.7 Å². The van der Waals surface area contributed by atoms with Crippen LogP contribution in [-0.2, 0) is 4.79 Å². The van der Waals surface area contributed by atoms with Crippen LogP contribution in [0.2, 0.25) is 0 Å². The number of amides is 1. The molecule has 0 heterocycles. The van der Waals surface area contributed by atoms with Crippen molar-refractivity contribution in [3.05, 3.63) is 0 Å². The lowest BCUT2D eigenvalue weighted by Gasteiger charge is -2.27. The molecule has 0 fully saturated rings. The van der Waals surface area contributed by atoms with Gasteiger partial charge in [0.1, 0.15) is 0 Å². The van der Waals surface area contributed by atoms with Gasteiger partial charge in [0.25, 0.3) is 0 Å². The Morgan fingerprint density at radius 3 is 1.92 bits per heavy atom. The summed E-state index contributed by atoms with van der Waals surface area (Å²) in [6.07, 6.45) is 0. The molecule has 0 aliphatic rings. The Balaban J connectivity index is 4.20. The summed E-state index contributed by atoms with van der Waals surface area (Å²) in [6, 6.07) is 0. The molecule has 4 heteroatoms. The quantitative estimate of drug-likeness (QED) is 0.414. The van der Waals surface area contributed by atoms with Crippen molar-refractivity contribution >= 4 is 28.4 Å². The van der Waals surface area contributed by atoms with Crippen LogP contribution in [0.25, 0.3) is 0 Å². The smallest absolute Gasteiger partial charge is 0.226 e. The summed E-state index contributed by atoms with van der Waals surface area (Å²) in [4.78, 5) is 11.2. The van der Waals surface area contributed by atoms with Gasteiger partial charge in [0.15, 0.2) is 0 Å². The first-order valence-electron chi connectivity index (χ1n) is 3.84. The third kappa shape index (κ3) is 4.26. The highest BCUT2D eigenvalue weighted by Gasteiger charge is 2.27. The Labute approximate surface area is 83.7 Å². The van der Waals surface area contributed by atoms with Crippen molar-refractivity contribution in [2.75, 3.05) is 0 Å². The second kappa shape index (κ2) is 3.92. The van der Waals surface area contributed by atoms with E-state index in [0.29, 0.717) is 0 Å². The Bertz CT molecular complexity index is 172. The largest absolute Gasteiger partial charge is 0.341 e. The molecule has 0 saturated heterocycles. The molecule has 0 unspecified atom stereocenters. The lowest BCUT2D eigenvalue weighted by atomic mass is 9.95. The normalized spacial score (nSPS) is 12.8. The van der Waals surface area contributed by atoms with Gasteiger partial charge < -0.3 is 5.32 Å². The molecule has 0 aromatic carbocycles. The highest BCUT2D eigenvalue weighted by Crippen LogP contribution is 2.26. The Morgan fingerprint density at radius 1 is 1.25 bits per heavy atom. The third-order valence-electron chi connectivity index (χ3n) is 1.32. The average molecular weight is 207 g/mol. The highest BCUT2D eigenvalue weighted by molar-refractivity contribution is 8.69. The van der Waals surface area contributed by atoms with Crippen LogP contribution >= 0.6 is 22.5 Å². The number of thiol groups is 1. The van der Waals surface area contributed by atoms with Gasteiger partial charge in [-0.05, 0) is 13.8 Å². The molecule has 0 rings (SSSR count). The molecule has 0 spiro atoms. The maximum Gasteiger partial charge on any atom is 0.226 e. The van der Waals surface area contributed by atoms with Crippen molar-refractivity contribution in [3.63, 3.8) is 0 Å². The van der Waals surface area contributed by atoms with E-state index in [4.69, 9.17) is 0 Å². The standard InChI is InChI=1S/C8H17NOS2/c1-7(2,3)6(10)9-8(4,5)12-11/h11H,1-5H3,(H,9,10). The van der Waals surface area contributed by atoms with E-state index in [1.807, 2.05) is 34.6 Å². The second-order valence-electron chi connectivity index (χ2n) is 4.31. The summed E-state index contributed by atoms with van der Waals surface area (Å²) in [5, 5.41) is 2.89. The van der Waals surface area contributed by atoms with Gasteiger partial charge in [-0.2, -0.15) is 0 Å². The van der Waals surface area contributed by atoms with E-state index in [2.05, 4.69) is 17.0 Å². The molecule has 0 bridgehead atoms. The summed E-state index contributed by atoms with van der Waals surface area (Å²) in [5.74, 6) is 0.0500. The minimum absolute atomic E-state index is 0.0500. The first-order valence-corrected chi connectivity index (χ1v) is 5.71. The summed E-state index contributed by atoms with van der Waals surface area (Å²) in [7, 11) is 1.33. The summed E-state index contributed by atoms with van der Waals surface area (Å²) >= 11 is 4.07. The number of rotatable bonds is 2. The Hall–Kier alpha value is 0.170. The number of carbonyl (C=O) groups is 1. The first kappa shape index (κ1) is 12.2. The summed E-state index contributed by atoms with van der Waals surface area (Å²) < 4.78 is 0. The topological polar surface area (TPSA) is 29.1 Å². The molecule has 12 heavy (non-hydrogen) atoms. The number of carbonyl (C=O) groups excluding carboxylic acids is 1. The molecular weight excluding hydrogens is 190 g/mol. The van der Waals surface area contributed by atoms with Gasteiger partial charge in [-0.25, -0.2) is 0 Å². The van der Waals surface area contributed by atoms with Gasteiger partial charge in [-0.1, -0.05) is 31.6 Å². The van der Waals surface area contributed by atoms with E-state index in [1.165, 1.54) is 10.8 Å². The molecular formula is C8H17NOS2. The van der Waals surface area contributed by atoms with Crippen LogP contribution in [0.15, 0.2) is 0 Å². The predicted molar refractivity (Wildman–Crippen MR) is 58.3 cm³/mol. The number of hydrogen-bond acceptors (Lipinski definition) is 3. The van der Waals surface area contributed by atoms with Crippen LogP contribution in [0.5, 0.6) is 0 Å². The zero-order chi connectivity index (χ0) is 9.99. The molecule has 0 aromatic heterocycles. The summed E-state index contributed by atoms with van der Waals surface area (Å²) in [6.45, 7) is 9.52. The molecule has 72 valence electrons. The first-order chi connectivity index (χ1) is 5.19. The molecule has 0 atom stereocenters. The molecule has 1 amide bonds. The van der Waals surface area contributed by atoms with Crippen LogP contribution in [0.4, 0.5) is 0 Å². The molecule has 0 radical (unpaired) electrons. The SMILES string of the molecule is CC(C)(NC(=O)C(C)(C)C)SS. The third-order valence-corrected chi connectivity index (χ3v) is 3.25. The maximum atomic E-state index is 11.5. The van der Waals surface area contributed by atoms with Crippen molar-refractivity contribution in [3.8, 4) is 0 Å². The fourth-order valence-corrected chi connectivity index (χ4v) is 0.759. The average Bonchev–Trinajstić information content (AvgIpc) is 1.85. The predicted octanol–water partition coefficient (Wildman–Crippen LogP) is 2.46. The van der Waals surface area contributed by atoms with Gasteiger partial charge in [0, 0.05) is 5.41 Å². The van der Waals surface area contributed by atoms with E-state index in [1.54, 1.807) is 0 Å². The molecule has 2 nitrogen and oxygen atoms in total. The van der Waals surface area contributed by atoms with E-state index >= 15 is 0 Å². The van der Waals surface area contributed by atoms with Gasteiger partial charge in [-0.3, -0.25) is 4.79 Å². The monoisotopic (exact) mass is 207 g/mol. The lowest BCUT2D eigenvalue weighted by Crippen LogP contribution is -2.45. The minimum Gasteiger partial charge on any atom is -0.341 e. The maximum absolute atomic E-state index is 11.5. The van der Waals surface area contributed by atoms with Gasteiger partial charge >= 0.3 is 0 Å². The molecule has 0 aromatic rings. The molecule has 0 aliphatic carbocycles. The molecule has 0 saturated carbocycles.